The van der Waals surface area contributed by atoms with Gasteiger partial charge in [0.25, 0.3) is 5.91 Å². The third-order valence-corrected chi connectivity index (χ3v) is 4.08. The van der Waals surface area contributed by atoms with Crippen LogP contribution in [0, 0.1) is 0 Å². The minimum Gasteiger partial charge on any atom is -0.490 e. The maximum Gasteiger partial charge on any atom is 0.255 e. The van der Waals surface area contributed by atoms with Gasteiger partial charge in [0.1, 0.15) is 0 Å². The van der Waals surface area contributed by atoms with Crippen LogP contribution in [0.15, 0.2) is 26.8 Å². The molecule has 1 aliphatic rings. The molecule has 1 fully saturated rings. The Bertz CT molecular complexity index is 708. The van der Waals surface area contributed by atoms with Gasteiger partial charge >= 0.3 is 0 Å². The summed E-state index contributed by atoms with van der Waals surface area (Å²) in [7, 11) is 0. The number of hydrogen-bond donors (Lipinski definition) is 2. The van der Waals surface area contributed by atoms with Gasteiger partial charge in [-0.15, -0.1) is 5.10 Å². The molecule has 8 nitrogen and oxygen atoms in total. The van der Waals surface area contributed by atoms with E-state index in [1.54, 1.807) is 12.1 Å². The smallest absolute Gasteiger partial charge is 0.255 e. The van der Waals surface area contributed by atoms with Crippen LogP contribution >= 0.6 is 27.7 Å². The van der Waals surface area contributed by atoms with E-state index in [9.17, 15) is 9.59 Å². The molecule has 1 heterocycles. The molecule has 0 unspecified atom stereocenters. The molecule has 24 heavy (non-hydrogen) atoms. The Balaban J connectivity index is 2.18. The average molecular weight is 415 g/mol. The quantitative estimate of drug-likeness (QED) is 0.514. The predicted octanol–water partition coefficient (Wildman–Crippen LogP) is 1.26. The number of nitrogens with two attached hydrogens (primary N) is 1. The molecule has 0 atom stereocenters. The number of rotatable bonds is 7. The highest BCUT2D eigenvalue weighted by Gasteiger charge is 2.16. The minimum atomic E-state index is -0.582. The Labute approximate surface area is 151 Å². The van der Waals surface area contributed by atoms with Gasteiger partial charge in [-0.3, -0.25) is 9.59 Å². The first-order valence-electron chi connectivity index (χ1n) is 6.90. The first-order chi connectivity index (χ1) is 11.5. The largest absolute Gasteiger partial charge is 0.490 e. The van der Waals surface area contributed by atoms with Gasteiger partial charge in [-0.1, -0.05) is 11.8 Å². The number of nitrogens with one attached hydrogen (secondary N) is 1. The average Bonchev–Trinajstić information content (AvgIpc) is 2.92. The summed E-state index contributed by atoms with van der Waals surface area (Å²) in [4.78, 5) is 21.9. The fourth-order valence-corrected chi connectivity index (χ4v) is 2.94. The Hall–Kier alpha value is -2.07. The number of carbonyl (C=O) groups is 2. The molecule has 0 bridgehead atoms. The fourth-order valence-electron chi connectivity index (χ4n) is 1.74. The van der Waals surface area contributed by atoms with Crippen LogP contribution in [-0.4, -0.2) is 42.2 Å². The maximum atomic E-state index is 11.1. The number of benzene rings is 1. The van der Waals surface area contributed by atoms with E-state index < -0.39 is 5.91 Å². The number of primary amides is 1. The van der Waals surface area contributed by atoms with Crippen LogP contribution in [0.1, 0.15) is 12.5 Å². The van der Waals surface area contributed by atoms with Crippen LogP contribution in [-0.2, 0) is 9.59 Å². The Morgan fingerprint density at radius 1 is 1.50 bits per heavy atom. The zero-order valence-corrected chi connectivity index (χ0v) is 15.1. The van der Waals surface area contributed by atoms with Crippen molar-refractivity contribution in [2.45, 2.75) is 6.92 Å². The van der Waals surface area contributed by atoms with E-state index in [2.05, 4.69) is 31.4 Å². The zero-order valence-electron chi connectivity index (χ0n) is 12.7. The molecule has 1 aromatic carbocycles. The lowest BCUT2D eigenvalue weighted by molar-refractivity contribution is -0.120. The third kappa shape index (κ3) is 5.24. The SMILES string of the molecule is CCOc1cc(C=NN=C2NC(=O)CS2)cc(Br)c1OCC(N)=O. The van der Waals surface area contributed by atoms with Gasteiger partial charge in [0, 0.05) is 0 Å². The van der Waals surface area contributed by atoms with Gasteiger partial charge in [-0.05, 0) is 40.5 Å². The fraction of sp³-hybridized carbons (Fsp3) is 0.286. The van der Waals surface area contributed by atoms with Crippen molar-refractivity contribution in [3.63, 3.8) is 0 Å². The summed E-state index contributed by atoms with van der Waals surface area (Å²) in [6.07, 6.45) is 1.52. The topological polar surface area (TPSA) is 115 Å². The van der Waals surface area contributed by atoms with E-state index in [-0.39, 0.29) is 12.5 Å². The van der Waals surface area contributed by atoms with Gasteiger partial charge < -0.3 is 20.5 Å². The molecule has 2 rings (SSSR count). The molecule has 3 N–H and O–H groups in total. The maximum absolute atomic E-state index is 11.1. The van der Waals surface area contributed by atoms with Gasteiger partial charge in [0.2, 0.25) is 5.91 Å². The van der Waals surface area contributed by atoms with Crippen LogP contribution in [0.5, 0.6) is 11.5 Å². The van der Waals surface area contributed by atoms with E-state index in [1.807, 2.05) is 6.92 Å². The lowest BCUT2D eigenvalue weighted by Crippen LogP contribution is -2.20. The number of carbonyl (C=O) groups excluding carboxylic acids is 2. The molecule has 0 saturated carbocycles. The molecule has 0 aromatic heterocycles. The number of amidine groups is 1. The zero-order chi connectivity index (χ0) is 17.5. The van der Waals surface area contributed by atoms with Crippen molar-refractivity contribution < 1.29 is 19.1 Å². The second kappa shape index (κ2) is 8.69. The summed E-state index contributed by atoms with van der Waals surface area (Å²) in [6, 6.07) is 3.44. The van der Waals surface area contributed by atoms with Crippen molar-refractivity contribution in [3.8, 4) is 11.5 Å². The van der Waals surface area contributed by atoms with Crippen molar-refractivity contribution in [1.29, 1.82) is 0 Å². The van der Waals surface area contributed by atoms with E-state index in [0.29, 0.717) is 39.1 Å². The number of thioether (sulfide) groups is 1. The molecule has 10 heteroatoms. The molecule has 1 aromatic rings. The highest BCUT2D eigenvalue weighted by atomic mass is 79.9. The minimum absolute atomic E-state index is 0.0914. The van der Waals surface area contributed by atoms with Crippen molar-refractivity contribution in [2.24, 2.45) is 15.9 Å². The standard InChI is InChI=1S/C14H15BrN4O4S/c1-2-22-10-4-8(3-9(15)13(10)23-6-11(16)20)5-17-19-14-18-12(21)7-24-14/h3-5H,2,6-7H2,1H3,(H2,16,20)(H,18,19,21). The first-order valence-corrected chi connectivity index (χ1v) is 8.68. The summed E-state index contributed by atoms with van der Waals surface area (Å²) < 4.78 is 11.5. The molecule has 1 aliphatic heterocycles. The monoisotopic (exact) mass is 414 g/mol. The molecule has 0 spiro atoms. The molecule has 0 aliphatic carbocycles. The van der Waals surface area contributed by atoms with Crippen LogP contribution in [0.25, 0.3) is 0 Å². The first kappa shape index (κ1) is 18.3. The number of ether oxygens (including phenoxy) is 2. The molecule has 0 radical (unpaired) electrons. The Morgan fingerprint density at radius 3 is 2.92 bits per heavy atom. The van der Waals surface area contributed by atoms with E-state index in [1.165, 1.54) is 18.0 Å². The highest BCUT2D eigenvalue weighted by molar-refractivity contribution is 9.10. The van der Waals surface area contributed by atoms with Crippen molar-refractivity contribution >= 4 is 50.9 Å². The summed E-state index contributed by atoms with van der Waals surface area (Å²) >= 11 is 4.66. The number of hydrogen-bond acceptors (Lipinski definition) is 7. The van der Waals surface area contributed by atoms with E-state index in [0.717, 1.165) is 0 Å². The third-order valence-electron chi connectivity index (χ3n) is 2.63. The molecule has 128 valence electrons. The number of amides is 2. The Kier molecular flexibility index (Phi) is 6.62. The summed E-state index contributed by atoms with van der Waals surface area (Å²) in [5.41, 5.74) is 5.80. The number of halogens is 1. The Morgan fingerprint density at radius 2 is 2.29 bits per heavy atom. The number of nitrogens with zero attached hydrogens (tertiary/aromatic N) is 2. The van der Waals surface area contributed by atoms with E-state index >= 15 is 0 Å². The predicted molar refractivity (Wildman–Crippen MR) is 95.6 cm³/mol. The molecular weight excluding hydrogens is 400 g/mol. The van der Waals surface area contributed by atoms with Gasteiger partial charge in [-0.2, -0.15) is 5.10 Å². The molecule has 1 saturated heterocycles. The molecular formula is C14H15BrN4O4S. The summed E-state index contributed by atoms with van der Waals surface area (Å²) in [6.45, 7) is 2.00. The van der Waals surface area contributed by atoms with Crippen LogP contribution in [0.3, 0.4) is 0 Å². The lowest BCUT2D eigenvalue weighted by atomic mass is 10.2. The van der Waals surface area contributed by atoms with Crippen molar-refractivity contribution in [1.82, 2.24) is 5.32 Å². The van der Waals surface area contributed by atoms with Crippen molar-refractivity contribution in [3.05, 3.63) is 22.2 Å². The van der Waals surface area contributed by atoms with Gasteiger partial charge in [-0.25, -0.2) is 0 Å². The summed E-state index contributed by atoms with van der Waals surface area (Å²) in [5.74, 6) is 0.511. The van der Waals surface area contributed by atoms with Crippen LogP contribution in [0.2, 0.25) is 0 Å². The summed E-state index contributed by atoms with van der Waals surface area (Å²) in [5, 5.41) is 10.9. The van der Waals surface area contributed by atoms with Crippen LogP contribution in [0.4, 0.5) is 0 Å². The molecule has 2 amide bonds. The van der Waals surface area contributed by atoms with E-state index in [4.69, 9.17) is 15.2 Å². The van der Waals surface area contributed by atoms with Gasteiger partial charge in [0.15, 0.2) is 23.3 Å². The lowest BCUT2D eigenvalue weighted by Gasteiger charge is -2.13. The second-order valence-electron chi connectivity index (χ2n) is 4.50. The second-order valence-corrected chi connectivity index (χ2v) is 6.32. The van der Waals surface area contributed by atoms with Crippen LogP contribution < -0.4 is 20.5 Å². The highest BCUT2D eigenvalue weighted by Crippen LogP contribution is 2.36. The van der Waals surface area contributed by atoms with Gasteiger partial charge in [0.05, 0.1) is 23.0 Å². The van der Waals surface area contributed by atoms with Crippen molar-refractivity contribution in [2.75, 3.05) is 19.0 Å². The normalized spacial score (nSPS) is 15.8.